The van der Waals surface area contributed by atoms with E-state index in [9.17, 15) is 19.5 Å². The number of ketones is 1. The molecule has 0 saturated carbocycles. The van der Waals surface area contributed by atoms with Crippen molar-refractivity contribution in [2.45, 2.75) is 51.7 Å². The Labute approximate surface area is 191 Å². The first kappa shape index (κ1) is 21.2. The standard InChI is InChI=1S/C26H24O7/c1-13-10-18(15-8-6-5-7-9-15)26(23(29)32-25(3,4)33-24(26)30)21-17-11-16(14(2)27)19(28)12-20(17)31-22(13)21/h5-9,11-12,18,21,28H,10H2,1-4H3/t18-,21-/m1/s1. The number of hydrogen-bond acceptors (Lipinski definition) is 7. The summed E-state index contributed by atoms with van der Waals surface area (Å²) in [5, 5.41) is 10.3. The molecule has 0 radical (unpaired) electrons. The van der Waals surface area contributed by atoms with Crippen LogP contribution in [0.1, 0.15) is 67.4 Å². The molecule has 1 N–H and O–H groups in total. The topological polar surface area (TPSA) is 99.1 Å². The average molecular weight is 448 g/mol. The maximum atomic E-state index is 13.8. The zero-order valence-corrected chi connectivity index (χ0v) is 18.8. The Morgan fingerprint density at radius 3 is 2.30 bits per heavy atom. The molecule has 2 atom stereocenters. The van der Waals surface area contributed by atoms with Crippen molar-refractivity contribution in [3.63, 3.8) is 0 Å². The van der Waals surface area contributed by atoms with Gasteiger partial charge in [0.2, 0.25) is 0 Å². The van der Waals surface area contributed by atoms with Gasteiger partial charge in [-0.1, -0.05) is 30.3 Å². The Hall–Kier alpha value is -3.61. The molecule has 7 heteroatoms. The Bertz CT molecular complexity index is 1220. The molecule has 0 aromatic heterocycles. The number of carbonyl (C=O) groups excluding carboxylic acids is 3. The third-order valence-electron chi connectivity index (χ3n) is 6.79. The number of ether oxygens (including phenoxy) is 3. The van der Waals surface area contributed by atoms with Crippen molar-refractivity contribution < 1.29 is 33.7 Å². The maximum absolute atomic E-state index is 13.8. The number of fused-ring (bicyclic) bond motifs is 4. The summed E-state index contributed by atoms with van der Waals surface area (Å²) in [7, 11) is 0. The molecule has 0 amide bonds. The average Bonchev–Trinajstić information content (AvgIpc) is 3.11. The van der Waals surface area contributed by atoms with Gasteiger partial charge in [-0.25, -0.2) is 0 Å². The number of carbonyl (C=O) groups is 3. The Kier molecular flexibility index (Phi) is 4.47. The number of phenols is 1. The van der Waals surface area contributed by atoms with Crippen molar-refractivity contribution in [2.24, 2.45) is 5.41 Å². The van der Waals surface area contributed by atoms with Crippen LogP contribution in [-0.4, -0.2) is 28.6 Å². The molecule has 1 fully saturated rings. The van der Waals surface area contributed by atoms with E-state index in [1.807, 2.05) is 37.3 Å². The highest BCUT2D eigenvalue weighted by Gasteiger charge is 2.69. The normalized spacial score (nSPS) is 24.5. The van der Waals surface area contributed by atoms with Crippen LogP contribution in [0.5, 0.6) is 11.5 Å². The fourth-order valence-electron chi connectivity index (χ4n) is 5.36. The van der Waals surface area contributed by atoms with Crippen LogP contribution in [0.25, 0.3) is 0 Å². The third-order valence-corrected chi connectivity index (χ3v) is 6.79. The van der Waals surface area contributed by atoms with Crippen molar-refractivity contribution in [3.8, 4) is 11.5 Å². The van der Waals surface area contributed by atoms with Gasteiger partial charge < -0.3 is 19.3 Å². The third kappa shape index (κ3) is 2.91. The zero-order valence-electron chi connectivity index (χ0n) is 18.8. The second-order valence-corrected chi connectivity index (χ2v) is 9.36. The number of phenolic OH excluding ortho intramolecular Hbond substituents is 1. The highest BCUT2D eigenvalue weighted by Crippen LogP contribution is 2.64. The fourth-order valence-corrected chi connectivity index (χ4v) is 5.36. The van der Waals surface area contributed by atoms with Crippen LogP contribution in [0, 0.1) is 5.41 Å². The lowest BCUT2D eigenvalue weighted by Crippen LogP contribution is -2.60. The molecule has 1 saturated heterocycles. The van der Waals surface area contributed by atoms with Crippen LogP contribution in [0.4, 0.5) is 0 Å². The van der Waals surface area contributed by atoms with Crippen LogP contribution >= 0.6 is 0 Å². The first-order valence-electron chi connectivity index (χ1n) is 10.8. The largest absolute Gasteiger partial charge is 0.507 e. The van der Waals surface area contributed by atoms with Crippen molar-refractivity contribution in [3.05, 3.63) is 70.5 Å². The molecule has 7 nitrogen and oxygen atoms in total. The number of cyclic esters (lactones) is 2. The van der Waals surface area contributed by atoms with Crippen molar-refractivity contribution in [1.82, 2.24) is 0 Å². The summed E-state index contributed by atoms with van der Waals surface area (Å²) in [5.74, 6) is -4.04. The van der Waals surface area contributed by atoms with Crippen molar-refractivity contribution in [2.75, 3.05) is 0 Å². The predicted molar refractivity (Wildman–Crippen MR) is 117 cm³/mol. The van der Waals surface area contributed by atoms with Gasteiger partial charge >= 0.3 is 11.9 Å². The van der Waals surface area contributed by atoms with E-state index in [2.05, 4.69) is 0 Å². The van der Waals surface area contributed by atoms with E-state index >= 15 is 0 Å². The summed E-state index contributed by atoms with van der Waals surface area (Å²) >= 11 is 0. The summed E-state index contributed by atoms with van der Waals surface area (Å²) in [6.07, 6.45) is 0.375. The molecule has 170 valence electrons. The van der Waals surface area contributed by atoms with E-state index in [-0.39, 0.29) is 17.1 Å². The van der Waals surface area contributed by atoms with Crippen LogP contribution in [-0.2, 0) is 19.1 Å². The lowest BCUT2D eigenvalue weighted by molar-refractivity contribution is -0.255. The lowest BCUT2D eigenvalue weighted by Gasteiger charge is -2.49. The van der Waals surface area contributed by atoms with E-state index in [0.29, 0.717) is 23.5 Å². The molecule has 33 heavy (non-hydrogen) atoms. The molecule has 5 rings (SSSR count). The molecule has 0 bridgehead atoms. The molecule has 2 aromatic rings. The molecule has 2 aliphatic heterocycles. The highest BCUT2D eigenvalue weighted by atomic mass is 16.7. The van der Waals surface area contributed by atoms with Gasteiger partial charge in [0, 0.05) is 31.4 Å². The minimum absolute atomic E-state index is 0.0890. The SMILES string of the molecule is CC(=O)c1cc2c(cc1O)OC1=C(C)C[C@H](c3ccccc3)C3(C(=O)OC(C)(C)OC3=O)[C@@H]12. The molecular formula is C26H24O7. The van der Waals surface area contributed by atoms with Gasteiger partial charge in [0.25, 0.3) is 5.79 Å². The van der Waals surface area contributed by atoms with E-state index in [1.54, 1.807) is 0 Å². The first-order valence-corrected chi connectivity index (χ1v) is 10.8. The minimum Gasteiger partial charge on any atom is -0.507 e. The number of aromatic hydroxyl groups is 1. The van der Waals surface area contributed by atoms with E-state index in [0.717, 1.165) is 11.1 Å². The molecule has 2 aromatic carbocycles. The maximum Gasteiger partial charge on any atom is 0.328 e. The van der Waals surface area contributed by atoms with Crippen molar-refractivity contribution in [1.29, 1.82) is 0 Å². The first-order chi connectivity index (χ1) is 15.6. The number of Topliss-reactive ketones (excluding diaryl/α,β-unsaturated/α-hetero) is 1. The van der Waals surface area contributed by atoms with Gasteiger partial charge in [0.05, 0.1) is 11.5 Å². The highest BCUT2D eigenvalue weighted by molar-refractivity contribution is 6.05. The van der Waals surface area contributed by atoms with Gasteiger partial charge in [0.15, 0.2) is 11.2 Å². The Morgan fingerprint density at radius 1 is 1.06 bits per heavy atom. The quantitative estimate of drug-likeness (QED) is 0.414. The molecule has 1 aliphatic carbocycles. The van der Waals surface area contributed by atoms with Gasteiger partial charge in [-0.15, -0.1) is 0 Å². The van der Waals surface area contributed by atoms with Gasteiger partial charge in [0.1, 0.15) is 17.3 Å². The van der Waals surface area contributed by atoms with Gasteiger partial charge in [-0.2, -0.15) is 0 Å². The number of benzene rings is 2. The summed E-state index contributed by atoms with van der Waals surface area (Å²) < 4.78 is 17.4. The van der Waals surface area contributed by atoms with Gasteiger partial charge in [-0.3, -0.25) is 14.4 Å². The predicted octanol–water partition coefficient (Wildman–Crippen LogP) is 4.35. The molecule has 1 spiro atoms. The molecule has 3 aliphatic rings. The number of esters is 2. The Balaban J connectivity index is 1.81. The van der Waals surface area contributed by atoms with E-state index in [1.165, 1.54) is 32.9 Å². The van der Waals surface area contributed by atoms with E-state index in [4.69, 9.17) is 14.2 Å². The summed E-state index contributed by atoms with van der Waals surface area (Å²) in [4.78, 5) is 39.8. The summed E-state index contributed by atoms with van der Waals surface area (Å²) in [6.45, 7) is 6.27. The summed E-state index contributed by atoms with van der Waals surface area (Å²) in [5.41, 5.74) is 0.475. The molecular weight excluding hydrogens is 424 g/mol. The van der Waals surface area contributed by atoms with Crippen LogP contribution in [0.3, 0.4) is 0 Å². The van der Waals surface area contributed by atoms with Crippen LogP contribution in [0.15, 0.2) is 53.8 Å². The second kappa shape index (κ2) is 6.94. The Morgan fingerprint density at radius 2 is 1.70 bits per heavy atom. The molecule has 0 unspecified atom stereocenters. The number of hydrogen-bond donors (Lipinski definition) is 1. The zero-order chi connectivity index (χ0) is 23.7. The van der Waals surface area contributed by atoms with E-state index < -0.39 is 35.0 Å². The lowest BCUT2D eigenvalue weighted by atomic mass is 9.56. The number of allylic oxidation sites excluding steroid dienone is 2. The van der Waals surface area contributed by atoms with Gasteiger partial charge in [-0.05, 0) is 37.5 Å². The fraction of sp³-hybridized carbons (Fsp3) is 0.346. The van der Waals surface area contributed by atoms with Crippen molar-refractivity contribution >= 4 is 17.7 Å². The number of rotatable bonds is 2. The van der Waals surface area contributed by atoms with Crippen LogP contribution in [0.2, 0.25) is 0 Å². The monoisotopic (exact) mass is 448 g/mol. The molecule has 2 heterocycles. The second-order valence-electron chi connectivity index (χ2n) is 9.36. The minimum atomic E-state index is -1.75. The smallest absolute Gasteiger partial charge is 0.328 e. The van der Waals surface area contributed by atoms with Crippen LogP contribution < -0.4 is 4.74 Å². The summed E-state index contributed by atoms with van der Waals surface area (Å²) in [6, 6.07) is 12.2.